The molecule has 4 unspecified atom stereocenters. The van der Waals surface area contributed by atoms with Gasteiger partial charge in [0.1, 0.15) is 5.60 Å². The van der Waals surface area contributed by atoms with E-state index in [-0.39, 0.29) is 29.0 Å². The first kappa shape index (κ1) is 20.5. The van der Waals surface area contributed by atoms with Crippen LogP contribution in [0.15, 0.2) is 23.8 Å². The summed E-state index contributed by atoms with van der Waals surface area (Å²) in [4.78, 5) is 35.9. The molecule has 0 aliphatic heterocycles. The van der Waals surface area contributed by atoms with Gasteiger partial charge in [-0.3, -0.25) is 14.4 Å². The summed E-state index contributed by atoms with van der Waals surface area (Å²) in [6.07, 6.45) is 7.50. The predicted molar refractivity (Wildman–Crippen MR) is 105 cm³/mol. The highest BCUT2D eigenvalue weighted by molar-refractivity contribution is 6.01. The first-order valence-corrected chi connectivity index (χ1v) is 10.5. The maximum Gasteiger partial charge on any atom is 0.303 e. The predicted octanol–water partition coefficient (Wildman–Crippen LogP) is 2.13. The van der Waals surface area contributed by atoms with Crippen LogP contribution >= 0.6 is 0 Å². The number of aliphatic hydroxyl groups is 2. The Morgan fingerprint density at radius 3 is 2.69 bits per heavy atom. The van der Waals surface area contributed by atoms with Crippen LogP contribution in [0.1, 0.15) is 52.9 Å². The van der Waals surface area contributed by atoms with Gasteiger partial charge in [0.05, 0.1) is 6.10 Å². The zero-order chi connectivity index (χ0) is 21.2. The van der Waals surface area contributed by atoms with Crippen LogP contribution in [-0.2, 0) is 19.1 Å². The topological polar surface area (TPSA) is 101 Å². The Kier molecular flexibility index (Phi) is 4.67. The molecular weight excluding hydrogens is 372 g/mol. The molecule has 2 N–H and O–H groups in total. The number of hydrogen-bond acceptors (Lipinski definition) is 6. The van der Waals surface area contributed by atoms with Crippen molar-refractivity contribution in [1.29, 1.82) is 0 Å². The summed E-state index contributed by atoms with van der Waals surface area (Å²) in [6.45, 7) is 4.80. The minimum atomic E-state index is -1.60. The van der Waals surface area contributed by atoms with E-state index >= 15 is 0 Å². The van der Waals surface area contributed by atoms with Crippen molar-refractivity contribution in [3.63, 3.8) is 0 Å². The maximum atomic E-state index is 12.9. The van der Waals surface area contributed by atoms with Crippen molar-refractivity contribution in [1.82, 2.24) is 0 Å². The number of aliphatic hydroxyl groups excluding tert-OH is 1. The summed E-state index contributed by atoms with van der Waals surface area (Å²) in [5, 5.41) is 22.7. The van der Waals surface area contributed by atoms with Gasteiger partial charge in [-0.15, -0.1) is 0 Å². The van der Waals surface area contributed by atoms with Gasteiger partial charge in [0.2, 0.25) is 5.78 Å². The number of ether oxygens (including phenoxy) is 1. The molecule has 6 heteroatoms. The Morgan fingerprint density at radius 2 is 2.00 bits per heavy atom. The minimum Gasteiger partial charge on any atom is -0.458 e. The highest BCUT2D eigenvalue weighted by atomic mass is 16.5. The summed E-state index contributed by atoms with van der Waals surface area (Å²) in [5.41, 5.74) is -1.67. The molecule has 4 rings (SSSR count). The molecule has 0 radical (unpaired) electrons. The molecule has 29 heavy (non-hydrogen) atoms. The lowest BCUT2D eigenvalue weighted by Crippen LogP contribution is -2.61. The van der Waals surface area contributed by atoms with E-state index < -0.39 is 35.5 Å². The first-order chi connectivity index (χ1) is 13.5. The molecule has 0 saturated heterocycles. The van der Waals surface area contributed by atoms with Crippen molar-refractivity contribution in [3.05, 3.63) is 23.8 Å². The molecule has 0 aromatic carbocycles. The molecule has 0 heterocycles. The maximum absolute atomic E-state index is 12.9. The minimum absolute atomic E-state index is 0.00243. The largest absolute Gasteiger partial charge is 0.458 e. The van der Waals surface area contributed by atoms with Crippen LogP contribution in [-0.4, -0.2) is 46.1 Å². The summed E-state index contributed by atoms with van der Waals surface area (Å²) < 4.78 is 4.88. The van der Waals surface area contributed by atoms with E-state index in [1.165, 1.54) is 6.92 Å². The molecule has 158 valence electrons. The zero-order valence-corrected chi connectivity index (χ0v) is 17.3. The molecule has 0 amide bonds. The van der Waals surface area contributed by atoms with Gasteiger partial charge < -0.3 is 14.9 Å². The van der Waals surface area contributed by atoms with Crippen LogP contribution in [0.5, 0.6) is 0 Å². The molecule has 6 nitrogen and oxygen atoms in total. The summed E-state index contributed by atoms with van der Waals surface area (Å²) in [7, 11) is 0. The smallest absolute Gasteiger partial charge is 0.303 e. The molecular formula is C23H30O6. The Bertz CT molecular complexity index is 827. The van der Waals surface area contributed by atoms with Crippen molar-refractivity contribution >= 4 is 17.5 Å². The first-order valence-electron chi connectivity index (χ1n) is 10.5. The van der Waals surface area contributed by atoms with E-state index in [1.54, 1.807) is 12.2 Å². The van der Waals surface area contributed by atoms with E-state index in [0.717, 1.165) is 18.4 Å². The molecule has 0 aromatic rings. The second kappa shape index (κ2) is 6.61. The molecule has 7 atom stereocenters. The number of esters is 1. The van der Waals surface area contributed by atoms with E-state index in [0.29, 0.717) is 19.3 Å². The zero-order valence-electron chi connectivity index (χ0n) is 17.3. The van der Waals surface area contributed by atoms with Crippen LogP contribution in [0.25, 0.3) is 0 Å². The van der Waals surface area contributed by atoms with Crippen molar-refractivity contribution in [2.75, 3.05) is 6.61 Å². The Hall–Kier alpha value is -1.79. The standard InChI is InChI=1S/C23H30O6/c1-13(24)29-12-19(27)23(28)9-7-17-16-5-4-14-10-15(25)6-8-21(14,2)20(16)18(26)11-22(17,23)3/h6,8,10,16-18,20,26,28H,4-5,7,9,11-12H2,1-3H3/t16?,17?,18?,20?,21-,22+,23+/m1/s1. The summed E-state index contributed by atoms with van der Waals surface area (Å²) in [5.74, 6) is -0.836. The molecule has 3 fully saturated rings. The van der Waals surface area contributed by atoms with Crippen molar-refractivity contribution in [3.8, 4) is 0 Å². The van der Waals surface area contributed by atoms with Crippen LogP contribution in [0.4, 0.5) is 0 Å². The van der Waals surface area contributed by atoms with E-state index in [2.05, 4.69) is 6.92 Å². The van der Waals surface area contributed by atoms with Gasteiger partial charge in [0.25, 0.3) is 0 Å². The molecule has 4 aliphatic carbocycles. The number of allylic oxidation sites excluding steroid dienone is 4. The van der Waals surface area contributed by atoms with Crippen LogP contribution < -0.4 is 0 Å². The lowest BCUT2D eigenvalue weighted by Gasteiger charge is -2.59. The van der Waals surface area contributed by atoms with Crippen molar-refractivity contribution in [2.45, 2.75) is 64.6 Å². The number of carbonyl (C=O) groups is 3. The second-order valence-electron chi connectivity index (χ2n) is 9.81. The molecule has 4 aliphatic rings. The van der Waals surface area contributed by atoms with Crippen LogP contribution in [0.2, 0.25) is 0 Å². The monoisotopic (exact) mass is 402 g/mol. The third-order valence-corrected chi connectivity index (χ3v) is 8.52. The Labute approximate surface area is 171 Å². The van der Waals surface area contributed by atoms with Gasteiger partial charge >= 0.3 is 5.97 Å². The van der Waals surface area contributed by atoms with Gasteiger partial charge in [0.15, 0.2) is 12.4 Å². The van der Waals surface area contributed by atoms with Gasteiger partial charge in [-0.1, -0.05) is 25.5 Å². The van der Waals surface area contributed by atoms with E-state index in [1.807, 2.05) is 13.0 Å². The quantitative estimate of drug-likeness (QED) is 0.702. The highest BCUT2D eigenvalue weighted by Crippen LogP contribution is 2.67. The Morgan fingerprint density at radius 1 is 1.28 bits per heavy atom. The second-order valence-corrected chi connectivity index (χ2v) is 9.81. The average Bonchev–Trinajstić information content (AvgIpc) is 2.91. The number of carbonyl (C=O) groups excluding carboxylic acids is 3. The van der Waals surface area contributed by atoms with Crippen molar-refractivity contribution in [2.24, 2.45) is 28.6 Å². The summed E-state index contributed by atoms with van der Waals surface area (Å²) in [6, 6.07) is 0. The normalized spacial score (nSPS) is 45.7. The van der Waals surface area contributed by atoms with Gasteiger partial charge in [-0.25, -0.2) is 0 Å². The lowest BCUT2D eigenvalue weighted by atomic mass is 9.46. The van der Waals surface area contributed by atoms with Gasteiger partial charge in [-0.05, 0) is 56.1 Å². The van der Waals surface area contributed by atoms with E-state index in [4.69, 9.17) is 4.74 Å². The lowest BCUT2D eigenvalue weighted by molar-refractivity contribution is -0.181. The van der Waals surface area contributed by atoms with Crippen LogP contribution in [0, 0.1) is 28.6 Å². The fraction of sp³-hybridized carbons (Fsp3) is 0.696. The molecule has 3 saturated carbocycles. The molecule has 0 aromatic heterocycles. The number of ketones is 2. The highest BCUT2D eigenvalue weighted by Gasteiger charge is 2.68. The van der Waals surface area contributed by atoms with E-state index in [9.17, 15) is 24.6 Å². The number of rotatable bonds is 3. The average molecular weight is 402 g/mol. The number of hydrogen-bond donors (Lipinski definition) is 2. The fourth-order valence-corrected chi connectivity index (χ4v) is 7.08. The number of fused-ring (bicyclic) bond motifs is 5. The summed E-state index contributed by atoms with van der Waals surface area (Å²) >= 11 is 0. The van der Waals surface area contributed by atoms with Crippen molar-refractivity contribution < 1.29 is 29.3 Å². The van der Waals surface area contributed by atoms with Crippen LogP contribution in [0.3, 0.4) is 0 Å². The Balaban J connectivity index is 1.66. The van der Waals surface area contributed by atoms with Gasteiger partial charge in [0, 0.05) is 23.7 Å². The SMILES string of the molecule is CC(=O)OCC(=O)[C@@]1(O)CCC2C3CCC4=CC(=O)C=C[C@@]4(C)C3C(O)C[C@@]21C. The molecule has 0 spiro atoms. The van der Waals surface area contributed by atoms with Gasteiger partial charge in [-0.2, -0.15) is 0 Å². The molecule has 0 bridgehead atoms. The third kappa shape index (κ3) is 2.79. The number of Topliss-reactive ketones (excluding diaryl/α,β-unsaturated/α-hetero) is 1. The third-order valence-electron chi connectivity index (χ3n) is 8.52. The fourth-order valence-electron chi connectivity index (χ4n) is 7.08.